The van der Waals surface area contributed by atoms with E-state index in [9.17, 15) is 0 Å². The summed E-state index contributed by atoms with van der Waals surface area (Å²) in [4.78, 5) is 1.63. The van der Waals surface area contributed by atoms with Crippen LogP contribution in [0.3, 0.4) is 0 Å². The number of rotatable bonds is 6. The van der Waals surface area contributed by atoms with Crippen molar-refractivity contribution < 1.29 is 19.1 Å². The first-order valence-electron chi connectivity index (χ1n) is 7.81. The molecule has 2 rings (SSSR count). The molecule has 1 N–H and O–H groups in total. The molecule has 21 heavy (non-hydrogen) atoms. The van der Waals surface area contributed by atoms with Gasteiger partial charge >= 0.3 is 0 Å². The summed E-state index contributed by atoms with van der Waals surface area (Å²) in [6.45, 7) is 8.90. The molecule has 4 heteroatoms. The molecule has 0 radical (unpaired) electrons. The zero-order valence-electron chi connectivity index (χ0n) is 13.6. The first kappa shape index (κ1) is 16.0. The average Bonchev–Trinajstić information content (AvgIpc) is 2.46. The number of likely N-dealkylation sites (tertiary alicyclic amines) is 1. The van der Waals surface area contributed by atoms with Crippen LogP contribution in [0.4, 0.5) is 0 Å². The van der Waals surface area contributed by atoms with Gasteiger partial charge in [-0.2, -0.15) is 0 Å². The molecule has 0 amide bonds. The second-order valence-electron chi connectivity index (χ2n) is 6.19. The Hall–Kier alpha value is -1.42. The van der Waals surface area contributed by atoms with Crippen molar-refractivity contribution >= 4 is 0 Å². The van der Waals surface area contributed by atoms with Crippen molar-refractivity contribution in [3.8, 4) is 17.2 Å². The van der Waals surface area contributed by atoms with Crippen molar-refractivity contribution in [1.82, 2.24) is 0 Å². The van der Waals surface area contributed by atoms with Gasteiger partial charge in [-0.3, -0.25) is 0 Å². The third-order valence-corrected chi connectivity index (χ3v) is 4.16. The second-order valence-corrected chi connectivity index (χ2v) is 6.19. The van der Waals surface area contributed by atoms with Crippen molar-refractivity contribution in [3.05, 3.63) is 18.2 Å². The van der Waals surface area contributed by atoms with Gasteiger partial charge in [0, 0.05) is 11.8 Å². The summed E-state index contributed by atoms with van der Waals surface area (Å²) < 4.78 is 16.7. The predicted octanol–water partition coefficient (Wildman–Crippen LogP) is 1.64. The highest BCUT2D eigenvalue weighted by molar-refractivity contribution is 5.51. The number of nitrogens with one attached hydrogen (secondary N) is 1. The first-order chi connectivity index (χ1) is 10.1. The Morgan fingerprint density at radius 1 is 1.05 bits per heavy atom. The number of benzene rings is 1. The van der Waals surface area contributed by atoms with E-state index in [1.165, 1.54) is 19.5 Å². The molecule has 1 fully saturated rings. The maximum atomic E-state index is 5.95. The van der Waals surface area contributed by atoms with E-state index in [4.69, 9.17) is 14.2 Å². The van der Waals surface area contributed by atoms with Gasteiger partial charge in [-0.1, -0.05) is 19.9 Å². The summed E-state index contributed by atoms with van der Waals surface area (Å²) in [5.41, 5.74) is 0. The van der Waals surface area contributed by atoms with Gasteiger partial charge in [0.2, 0.25) is 5.75 Å². The van der Waals surface area contributed by atoms with E-state index < -0.39 is 0 Å². The lowest BCUT2D eigenvalue weighted by Gasteiger charge is -2.31. The van der Waals surface area contributed by atoms with Crippen LogP contribution in [-0.4, -0.2) is 40.5 Å². The standard InChI is InChI=1S/C17H27NO3/c1-13-10-14(2)12-18(11-13)8-9-21-17-15(19-3)6-5-7-16(17)20-4/h5-7,13-14H,8-12H2,1-4H3/p+1/t13-,14-/m1/s1. The monoisotopic (exact) mass is 294 g/mol. The maximum Gasteiger partial charge on any atom is 0.203 e. The largest absolute Gasteiger partial charge is 0.493 e. The molecule has 1 aliphatic rings. The molecular formula is C17H28NO3+. The molecule has 0 spiro atoms. The van der Waals surface area contributed by atoms with Gasteiger partial charge < -0.3 is 19.1 Å². The van der Waals surface area contributed by atoms with Crippen LogP contribution < -0.4 is 19.1 Å². The minimum atomic E-state index is 0.686. The molecule has 1 aromatic carbocycles. The van der Waals surface area contributed by atoms with Gasteiger partial charge in [0.25, 0.3) is 0 Å². The molecule has 4 nitrogen and oxygen atoms in total. The minimum Gasteiger partial charge on any atom is -0.493 e. The van der Waals surface area contributed by atoms with Crippen LogP contribution in [0.15, 0.2) is 18.2 Å². The molecule has 1 heterocycles. The van der Waals surface area contributed by atoms with Crippen molar-refractivity contribution in [2.24, 2.45) is 11.8 Å². The number of methoxy groups -OCH3 is 2. The van der Waals surface area contributed by atoms with Gasteiger partial charge in [-0.15, -0.1) is 0 Å². The third kappa shape index (κ3) is 4.27. The fraction of sp³-hybridized carbons (Fsp3) is 0.647. The number of quaternary nitrogens is 1. The van der Waals surface area contributed by atoms with Crippen molar-refractivity contribution in [1.29, 1.82) is 0 Å². The van der Waals surface area contributed by atoms with Crippen molar-refractivity contribution in [2.45, 2.75) is 20.3 Å². The third-order valence-electron chi connectivity index (χ3n) is 4.16. The molecule has 0 saturated carbocycles. The van der Waals surface area contributed by atoms with E-state index in [-0.39, 0.29) is 0 Å². The van der Waals surface area contributed by atoms with Crippen LogP contribution in [0.5, 0.6) is 17.2 Å². The van der Waals surface area contributed by atoms with Gasteiger partial charge in [0.1, 0.15) is 13.2 Å². The predicted molar refractivity (Wildman–Crippen MR) is 83.5 cm³/mol. The van der Waals surface area contributed by atoms with Gasteiger partial charge in [0.15, 0.2) is 11.5 Å². The number of para-hydroxylation sites is 1. The van der Waals surface area contributed by atoms with Gasteiger partial charge in [-0.05, 0) is 18.6 Å². The summed E-state index contributed by atoms with van der Waals surface area (Å²) in [6, 6.07) is 5.70. The molecule has 1 aliphatic heterocycles. The quantitative estimate of drug-likeness (QED) is 0.866. The van der Waals surface area contributed by atoms with E-state index in [2.05, 4.69) is 13.8 Å². The van der Waals surface area contributed by atoms with Crippen LogP contribution in [0.2, 0.25) is 0 Å². The van der Waals surface area contributed by atoms with E-state index in [0.29, 0.717) is 12.4 Å². The lowest BCUT2D eigenvalue weighted by Crippen LogP contribution is -3.14. The second kappa shape index (κ2) is 7.55. The highest BCUT2D eigenvalue weighted by Gasteiger charge is 2.25. The lowest BCUT2D eigenvalue weighted by atomic mass is 9.92. The Bertz CT molecular complexity index is 417. The number of hydrogen-bond donors (Lipinski definition) is 1. The Balaban J connectivity index is 1.91. The minimum absolute atomic E-state index is 0.686. The topological polar surface area (TPSA) is 32.1 Å². The van der Waals surface area contributed by atoms with Crippen molar-refractivity contribution in [2.75, 3.05) is 40.5 Å². The molecule has 1 aromatic rings. The molecule has 1 saturated heterocycles. The maximum absolute atomic E-state index is 5.95. The molecule has 0 bridgehead atoms. The van der Waals surface area contributed by atoms with Crippen molar-refractivity contribution in [3.63, 3.8) is 0 Å². The molecule has 0 aliphatic carbocycles. The summed E-state index contributed by atoms with van der Waals surface area (Å²) >= 11 is 0. The molecule has 118 valence electrons. The fourth-order valence-electron chi connectivity index (χ4n) is 3.38. The summed E-state index contributed by atoms with van der Waals surface area (Å²) in [5, 5.41) is 0. The van der Waals surface area contributed by atoms with Crippen LogP contribution in [0, 0.1) is 11.8 Å². The van der Waals surface area contributed by atoms with Gasteiger partial charge in [-0.25, -0.2) is 0 Å². The Kier molecular flexibility index (Phi) is 5.74. The summed E-state index contributed by atoms with van der Waals surface area (Å²) in [6.07, 6.45) is 1.35. The van der Waals surface area contributed by atoms with E-state index in [1.54, 1.807) is 19.1 Å². The van der Waals surface area contributed by atoms with Crippen LogP contribution in [0.1, 0.15) is 20.3 Å². The number of hydrogen-bond acceptors (Lipinski definition) is 3. The summed E-state index contributed by atoms with van der Waals surface area (Å²) in [5.74, 6) is 3.78. The Morgan fingerprint density at radius 2 is 1.62 bits per heavy atom. The molecule has 0 unspecified atom stereocenters. The zero-order chi connectivity index (χ0) is 15.2. The smallest absolute Gasteiger partial charge is 0.203 e. The molecule has 2 atom stereocenters. The lowest BCUT2D eigenvalue weighted by molar-refractivity contribution is -0.912. The van der Waals surface area contributed by atoms with Crippen LogP contribution >= 0.6 is 0 Å². The average molecular weight is 294 g/mol. The molecule has 0 aromatic heterocycles. The Morgan fingerprint density at radius 3 is 2.14 bits per heavy atom. The summed E-state index contributed by atoms with van der Waals surface area (Å²) in [7, 11) is 3.31. The van der Waals surface area contributed by atoms with E-state index in [1.807, 2.05) is 18.2 Å². The van der Waals surface area contributed by atoms with Crippen LogP contribution in [-0.2, 0) is 0 Å². The van der Waals surface area contributed by atoms with E-state index >= 15 is 0 Å². The highest BCUT2D eigenvalue weighted by Crippen LogP contribution is 2.36. The molecular weight excluding hydrogens is 266 g/mol. The normalized spacial score (nSPS) is 25.4. The number of piperidine rings is 1. The SMILES string of the molecule is COc1cccc(OC)c1OCC[NH+]1C[C@H](C)C[C@@H](C)C1. The fourth-order valence-corrected chi connectivity index (χ4v) is 3.38. The van der Waals surface area contributed by atoms with Gasteiger partial charge in [0.05, 0.1) is 27.3 Å². The first-order valence-corrected chi connectivity index (χ1v) is 7.81. The Labute approximate surface area is 128 Å². The van der Waals surface area contributed by atoms with E-state index in [0.717, 1.165) is 29.9 Å². The number of ether oxygens (including phenoxy) is 3. The van der Waals surface area contributed by atoms with Crippen LogP contribution in [0.25, 0.3) is 0 Å². The zero-order valence-corrected chi connectivity index (χ0v) is 13.6. The highest BCUT2D eigenvalue weighted by atomic mass is 16.5.